The van der Waals surface area contributed by atoms with Crippen molar-refractivity contribution in [1.82, 2.24) is 29.9 Å². The zero-order chi connectivity index (χ0) is 42.6. The van der Waals surface area contributed by atoms with Crippen LogP contribution in [0.15, 0.2) is 127 Å². The highest BCUT2D eigenvalue weighted by Gasteiger charge is 2.19. The Bertz CT molecular complexity index is 2830. The van der Waals surface area contributed by atoms with Gasteiger partial charge >= 0.3 is 0 Å². The lowest BCUT2D eigenvalue weighted by Gasteiger charge is -2.01. The molecule has 0 fully saturated rings. The first-order chi connectivity index (χ1) is 29.8. The molecular formula is C47H44N10O4. The van der Waals surface area contributed by atoms with Gasteiger partial charge in [-0.25, -0.2) is 9.97 Å². The number of aliphatic imine (C=N–C) groups is 1. The minimum atomic E-state index is -0.491. The highest BCUT2D eigenvalue weighted by Crippen LogP contribution is 2.33. The molecule has 0 atom stereocenters. The van der Waals surface area contributed by atoms with Gasteiger partial charge < -0.3 is 30.0 Å². The molecule has 4 aromatic carbocycles. The van der Waals surface area contributed by atoms with Gasteiger partial charge in [-0.15, -0.1) is 4.98 Å². The van der Waals surface area contributed by atoms with Gasteiger partial charge in [-0.3, -0.25) is 20.1 Å². The lowest BCUT2D eigenvalue weighted by atomic mass is 10.0. The molecule has 4 aromatic heterocycles. The maximum atomic E-state index is 11.0. The van der Waals surface area contributed by atoms with E-state index in [0.29, 0.717) is 17.2 Å². The zero-order valence-electron chi connectivity index (χ0n) is 33.8. The van der Waals surface area contributed by atoms with Gasteiger partial charge in [-0.05, 0) is 121 Å². The topological polar surface area (TPSA) is 187 Å². The molecule has 0 saturated heterocycles. The average molecular weight is 813 g/mol. The Morgan fingerprint density at radius 3 is 1.90 bits per heavy atom. The van der Waals surface area contributed by atoms with Crippen LogP contribution in [0.25, 0.3) is 49.7 Å². The standard InChI is InChI=1S/C24H22N4O.C17H18N4O3.C6H4N2/c1-29-12-4-5-16-7-9-21-22(13-16)28-24(27-21)17-8-10-19-18(14-17)15-23(26-19)20-6-2-3-11-25-20;1-24-8-2-3-11-4-7-14-15(9-11)20-17(19-14)12-5-6-13(18)16(10-12)21(22)23;1-7-6-4-2-3-5-8-6/h2-3,6-11,13-14H,4-5,12,15H2,1H3,(H,27,28);4-7,9-10H,2-3,8,18H2,1H3,(H,19,20);2-5H. The first kappa shape index (κ1) is 41.6. The molecule has 14 nitrogen and oxygen atoms in total. The average Bonchev–Trinajstić information content (AvgIpc) is 4.04. The van der Waals surface area contributed by atoms with E-state index in [4.69, 9.17) is 31.8 Å². The summed E-state index contributed by atoms with van der Waals surface area (Å²) in [5.41, 5.74) is 17.8. The number of aromatic amines is 2. The second-order valence-corrected chi connectivity index (χ2v) is 14.2. The normalized spacial score (nSPS) is 11.5. The molecule has 8 aromatic rings. The van der Waals surface area contributed by atoms with E-state index in [-0.39, 0.29) is 11.4 Å². The van der Waals surface area contributed by atoms with Crippen LogP contribution < -0.4 is 5.73 Å². The van der Waals surface area contributed by atoms with E-state index in [9.17, 15) is 10.1 Å². The Labute approximate surface area is 352 Å². The van der Waals surface area contributed by atoms with Crippen LogP contribution in [0.5, 0.6) is 0 Å². The van der Waals surface area contributed by atoms with Crippen molar-refractivity contribution in [2.75, 3.05) is 33.2 Å². The van der Waals surface area contributed by atoms with Crippen LogP contribution in [0.2, 0.25) is 0 Å². The number of nitro benzene ring substituents is 1. The first-order valence-electron chi connectivity index (χ1n) is 19.7. The molecule has 61 heavy (non-hydrogen) atoms. The number of benzene rings is 4. The summed E-state index contributed by atoms with van der Waals surface area (Å²) in [6.07, 6.45) is 8.11. The Morgan fingerprint density at radius 1 is 0.754 bits per heavy atom. The maximum Gasteiger partial charge on any atom is 0.292 e. The molecular weight excluding hydrogens is 769 g/mol. The molecule has 4 N–H and O–H groups in total. The molecule has 1 aliphatic heterocycles. The second-order valence-electron chi connectivity index (χ2n) is 14.2. The number of aromatic nitrogens is 6. The number of aryl methyl sites for hydroxylation is 2. The Morgan fingerprint density at radius 2 is 1.36 bits per heavy atom. The van der Waals surface area contributed by atoms with E-state index >= 15 is 0 Å². The fourth-order valence-corrected chi connectivity index (χ4v) is 6.84. The van der Waals surface area contributed by atoms with Gasteiger partial charge in [0.15, 0.2) is 0 Å². The van der Waals surface area contributed by atoms with Crippen LogP contribution in [-0.4, -0.2) is 68.0 Å². The number of nitrogens with two attached hydrogens (primary N) is 1. The number of nitro groups is 1. The summed E-state index contributed by atoms with van der Waals surface area (Å²) < 4.78 is 10.2. The largest absolute Gasteiger partial charge is 0.393 e. The second kappa shape index (κ2) is 19.9. The smallest absolute Gasteiger partial charge is 0.292 e. The third-order valence-corrected chi connectivity index (χ3v) is 9.91. The summed E-state index contributed by atoms with van der Waals surface area (Å²) in [4.78, 5) is 42.6. The molecule has 0 bridgehead atoms. The fourth-order valence-electron chi connectivity index (χ4n) is 6.84. The summed E-state index contributed by atoms with van der Waals surface area (Å²) in [6, 6.07) is 34.7. The number of anilines is 1. The van der Waals surface area contributed by atoms with Crippen LogP contribution in [0.1, 0.15) is 35.2 Å². The quantitative estimate of drug-likeness (QED) is 0.0355. The molecule has 0 spiro atoms. The van der Waals surface area contributed by atoms with Crippen molar-refractivity contribution in [3.05, 3.63) is 166 Å². The highest BCUT2D eigenvalue weighted by molar-refractivity contribution is 6.05. The SMILES string of the molecule is COCCCc1ccc2nc(-c3ccc(N)c([N+](=O)[O-])c3)[nH]c2c1.COCCCc1ccc2nc(-c3ccc4c(c3)CC(c3ccccn3)=N4)[nH]c2c1.[C-]#[N+]c1ccccn1. The monoisotopic (exact) mass is 812 g/mol. The minimum absolute atomic E-state index is 0.117. The number of hydrogen-bond donors (Lipinski definition) is 3. The van der Waals surface area contributed by atoms with Gasteiger partial charge in [0, 0.05) is 57.2 Å². The Kier molecular flexibility index (Phi) is 13.6. The number of methoxy groups -OCH3 is 2. The third-order valence-electron chi connectivity index (χ3n) is 9.91. The number of nitrogen functional groups attached to an aromatic ring is 1. The van der Waals surface area contributed by atoms with Crippen molar-refractivity contribution in [1.29, 1.82) is 0 Å². The summed E-state index contributed by atoms with van der Waals surface area (Å²) >= 11 is 0. The number of nitrogens with one attached hydrogen (secondary N) is 2. The van der Waals surface area contributed by atoms with Crippen LogP contribution in [-0.2, 0) is 28.7 Å². The van der Waals surface area contributed by atoms with E-state index in [1.807, 2.05) is 42.6 Å². The number of nitrogens with zero attached hydrogens (tertiary/aromatic N) is 7. The van der Waals surface area contributed by atoms with Crippen molar-refractivity contribution in [2.24, 2.45) is 4.99 Å². The minimum Gasteiger partial charge on any atom is -0.393 e. The number of rotatable bonds is 12. The van der Waals surface area contributed by atoms with Gasteiger partial charge in [0.2, 0.25) is 0 Å². The van der Waals surface area contributed by atoms with Gasteiger partial charge in [-0.2, -0.15) is 0 Å². The molecule has 306 valence electrons. The fraction of sp³-hybridized carbons (Fsp3) is 0.191. The number of ether oxygens (including phenoxy) is 2. The number of fused-ring (bicyclic) bond motifs is 3. The summed E-state index contributed by atoms with van der Waals surface area (Å²) in [6.45, 7) is 8.01. The number of imidazole rings is 2. The van der Waals surface area contributed by atoms with Gasteiger partial charge in [0.05, 0.1) is 44.1 Å². The van der Waals surface area contributed by atoms with Crippen LogP contribution in [0, 0.1) is 16.7 Å². The van der Waals surface area contributed by atoms with Crippen molar-refractivity contribution >= 4 is 50.7 Å². The Hall–Kier alpha value is -7.60. The van der Waals surface area contributed by atoms with Crippen LogP contribution in [0.3, 0.4) is 0 Å². The highest BCUT2D eigenvalue weighted by atomic mass is 16.6. The maximum absolute atomic E-state index is 11.0. The summed E-state index contributed by atoms with van der Waals surface area (Å²) in [7, 11) is 3.43. The predicted molar refractivity (Wildman–Crippen MR) is 239 cm³/mol. The molecule has 9 rings (SSSR count). The molecule has 0 aliphatic carbocycles. The van der Waals surface area contributed by atoms with E-state index < -0.39 is 4.92 Å². The number of hydrogen-bond acceptors (Lipinski definition) is 10. The van der Waals surface area contributed by atoms with Crippen LogP contribution in [0.4, 0.5) is 22.9 Å². The molecule has 5 heterocycles. The summed E-state index contributed by atoms with van der Waals surface area (Å²) in [5, 5.41) is 11.0. The first-order valence-corrected chi connectivity index (χ1v) is 19.7. The van der Waals surface area contributed by atoms with E-state index in [1.54, 1.807) is 44.7 Å². The zero-order valence-corrected chi connectivity index (χ0v) is 33.8. The molecule has 14 heteroatoms. The van der Waals surface area contributed by atoms with Crippen molar-refractivity contribution < 1.29 is 14.4 Å². The molecule has 0 saturated carbocycles. The van der Waals surface area contributed by atoms with Crippen LogP contribution >= 0.6 is 0 Å². The van der Waals surface area contributed by atoms with Crippen molar-refractivity contribution in [3.63, 3.8) is 0 Å². The van der Waals surface area contributed by atoms with E-state index in [1.165, 1.54) is 28.8 Å². The molecule has 0 unspecified atom stereocenters. The van der Waals surface area contributed by atoms with E-state index in [0.717, 1.165) is 95.9 Å². The summed E-state index contributed by atoms with van der Waals surface area (Å²) in [5.74, 6) is 1.93. The number of H-pyrrole nitrogens is 2. The predicted octanol–water partition coefficient (Wildman–Crippen LogP) is 9.81. The Balaban J connectivity index is 0.000000158. The molecule has 0 amide bonds. The molecule has 1 aliphatic rings. The number of pyridine rings is 2. The van der Waals surface area contributed by atoms with Crippen molar-refractivity contribution in [3.8, 4) is 22.8 Å². The lowest BCUT2D eigenvalue weighted by molar-refractivity contribution is -0.383. The van der Waals surface area contributed by atoms with Gasteiger partial charge in [-0.1, -0.05) is 30.8 Å². The van der Waals surface area contributed by atoms with Crippen molar-refractivity contribution in [2.45, 2.75) is 32.1 Å². The lowest BCUT2D eigenvalue weighted by Crippen LogP contribution is -2.02. The molecule has 0 radical (unpaired) electrons. The van der Waals surface area contributed by atoms with E-state index in [2.05, 4.69) is 66.2 Å². The van der Waals surface area contributed by atoms with Gasteiger partial charge in [0.25, 0.3) is 11.5 Å². The van der Waals surface area contributed by atoms with Gasteiger partial charge in [0.1, 0.15) is 23.5 Å². The third kappa shape index (κ3) is 10.5.